The van der Waals surface area contributed by atoms with Gasteiger partial charge in [0.2, 0.25) is 0 Å². The Morgan fingerprint density at radius 3 is 2.90 bits per heavy atom. The molecule has 1 atom stereocenters. The van der Waals surface area contributed by atoms with Gasteiger partial charge in [0.1, 0.15) is 0 Å². The lowest BCUT2D eigenvalue weighted by Crippen LogP contribution is -2.39. The van der Waals surface area contributed by atoms with E-state index >= 15 is 0 Å². The number of carbonyl (C=O) groups is 1. The number of hydrogen-bond donors (Lipinski definition) is 3. The van der Waals surface area contributed by atoms with E-state index in [1.54, 1.807) is 18.4 Å². The Hall–Kier alpha value is -1.45. The first-order valence-electron chi connectivity index (χ1n) is 2.83. The fourth-order valence-corrected chi connectivity index (χ4v) is 0.717. The summed E-state index contributed by atoms with van der Waals surface area (Å²) in [7, 11) is 0. The fraction of sp³-hybridized carbons (Fsp3) is 0.167. The molecule has 0 aromatic rings. The van der Waals surface area contributed by atoms with E-state index in [0.717, 1.165) is 0 Å². The molecule has 54 valence electrons. The molecule has 0 bridgehead atoms. The van der Waals surface area contributed by atoms with Crippen molar-refractivity contribution >= 4 is 5.97 Å². The van der Waals surface area contributed by atoms with E-state index in [2.05, 4.69) is 5.32 Å². The van der Waals surface area contributed by atoms with E-state index in [9.17, 15) is 4.79 Å². The van der Waals surface area contributed by atoms with Gasteiger partial charge < -0.3 is 16.2 Å². The number of carboxylic acid groups (broad SMARTS) is 1. The van der Waals surface area contributed by atoms with E-state index in [1.807, 2.05) is 0 Å². The average molecular weight is 140 g/mol. The molecule has 0 saturated carbocycles. The zero-order chi connectivity index (χ0) is 7.56. The van der Waals surface area contributed by atoms with E-state index in [4.69, 9.17) is 10.8 Å². The lowest BCUT2D eigenvalue weighted by atomic mass is 10.2. The molecule has 0 spiro atoms. The third kappa shape index (κ3) is 1.10. The topological polar surface area (TPSA) is 75.3 Å². The van der Waals surface area contributed by atoms with Gasteiger partial charge in [0.25, 0.3) is 0 Å². The molecule has 0 aromatic carbocycles. The predicted octanol–water partition coefficient (Wildman–Crippen LogP) is -0.601. The van der Waals surface area contributed by atoms with Crippen LogP contribution < -0.4 is 11.1 Å². The molecule has 10 heavy (non-hydrogen) atoms. The highest BCUT2D eigenvalue weighted by molar-refractivity contribution is 5.77. The Balaban J connectivity index is 2.73. The highest BCUT2D eigenvalue weighted by atomic mass is 16.4. The zero-order valence-corrected chi connectivity index (χ0v) is 5.24. The monoisotopic (exact) mass is 140 g/mol. The molecule has 0 radical (unpaired) electrons. The predicted molar refractivity (Wildman–Crippen MR) is 36.0 cm³/mol. The van der Waals surface area contributed by atoms with Crippen LogP contribution in [0.15, 0.2) is 24.0 Å². The Kier molecular flexibility index (Phi) is 1.62. The summed E-state index contributed by atoms with van der Waals surface area (Å²) in [5.41, 5.74) is 5.68. The summed E-state index contributed by atoms with van der Waals surface area (Å²) in [6.45, 7) is 0. The Morgan fingerprint density at radius 2 is 2.50 bits per heavy atom. The van der Waals surface area contributed by atoms with Gasteiger partial charge in [0.15, 0.2) is 6.04 Å². The van der Waals surface area contributed by atoms with Crippen LogP contribution in [0.5, 0.6) is 0 Å². The quantitative estimate of drug-likeness (QED) is 0.454. The Labute approximate surface area is 58.0 Å². The molecule has 0 saturated heterocycles. The van der Waals surface area contributed by atoms with Crippen molar-refractivity contribution in [1.82, 2.24) is 5.32 Å². The first-order valence-corrected chi connectivity index (χ1v) is 2.83. The smallest absolute Gasteiger partial charge is 0.332 e. The Bertz CT molecular complexity index is 208. The number of aliphatic carboxylic acids is 1. The molecule has 1 aliphatic rings. The van der Waals surface area contributed by atoms with Crippen LogP contribution in [0.4, 0.5) is 0 Å². The van der Waals surface area contributed by atoms with Crippen LogP contribution in [0.2, 0.25) is 0 Å². The SMILES string of the molecule is NC1=CC=CNC1C(=O)O. The van der Waals surface area contributed by atoms with Crippen molar-refractivity contribution in [3.05, 3.63) is 24.0 Å². The second-order valence-corrected chi connectivity index (χ2v) is 1.96. The number of allylic oxidation sites excluding steroid dienone is 2. The minimum atomic E-state index is -0.960. The maximum atomic E-state index is 10.3. The number of nitrogens with two attached hydrogens (primary N) is 1. The second-order valence-electron chi connectivity index (χ2n) is 1.96. The molecular formula is C6H8N2O2. The maximum Gasteiger partial charge on any atom is 0.332 e. The van der Waals surface area contributed by atoms with Crippen molar-refractivity contribution in [2.75, 3.05) is 0 Å². The molecule has 4 nitrogen and oxygen atoms in total. The van der Waals surface area contributed by atoms with Crippen molar-refractivity contribution in [3.8, 4) is 0 Å². The summed E-state index contributed by atoms with van der Waals surface area (Å²) in [5, 5.41) is 11.1. The van der Waals surface area contributed by atoms with Crippen molar-refractivity contribution in [2.45, 2.75) is 6.04 Å². The molecule has 0 amide bonds. The molecule has 4 N–H and O–H groups in total. The second kappa shape index (κ2) is 2.43. The number of nitrogens with one attached hydrogen (secondary N) is 1. The van der Waals surface area contributed by atoms with Crippen molar-refractivity contribution in [3.63, 3.8) is 0 Å². The standard InChI is InChI=1S/C6H8N2O2/c7-4-2-1-3-8-5(4)6(9)10/h1-3,5,8H,7H2,(H,9,10). The summed E-state index contributed by atoms with van der Waals surface area (Å²) in [5.74, 6) is -0.960. The third-order valence-electron chi connectivity index (χ3n) is 1.23. The van der Waals surface area contributed by atoms with Crippen molar-refractivity contribution in [1.29, 1.82) is 0 Å². The van der Waals surface area contributed by atoms with Crippen LogP contribution in [-0.2, 0) is 4.79 Å². The summed E-state index contributed by atoms with van der Waals surface area (Å²) >= 11 is 0. The molecule has 1 unspecified atom stereocenters. The normalized spacial score (nSPS) is 23.2. The van der Waals surface area contributed by atoms with Gasteiger partial charge in [-0.3, -0.25) is 0 Å². The van der Waals surface area contributed by atoms with E-state index in [1.165, 1.54) is 0 Å². The fourth-order valence-electron chi connectivity index (χ4n) is 0.717. The van der Waals surface area contributed by atoms with Gasteiger partial charge in [-0.05, 0) is 18.4 Å². The van der Waals surface area contributed by atoms with Gasteiger partial charge in [-0.15, -0.1) is 0 Å². The highest BCUT2D eigenvalue weighted by Gasteiger charge is 2.18. The number of dihydropyridines is 1. The molecule has 0 aromatic heterocycles. The van der Waals surface area contributed by atoms with Crippen molar-refractivity contribution in [2.24, 2.45) is 5.73 Å². The minimum Gasteiger partial charge on any atom is -0.479 e. The van der Waals surface area contributed by atoms with Crippen LogP contribution in [0, 0.1) is 0 Å². The average Bonchev–Trinajstić information content (AvgIpc) is 1.88. The maximum absolute atomic E-state index is 10.3. The summed E-state index contributed by atoms with van der Waals surface area (Å²) in [4.78, 5) is 10.3. The molecule has 0 fully saturated rings. The van der Waals surface area contributed by atoms with Crippen molar-refractivity contribution < 1.29 is 9.90 Å². The molecule has 0 aliphatic carbocycles. The highest BCUT2D eigenvalue weighted by Crippen LogP contribution is 2.00. The Morgan fingerprint density at radius 1 is 1.80 bits per heavy atom. The van der Waals surface area contributed by atoms with Gasteiger partial charge in [-0.2, -0.15) is 0 Å². The van der Waals surface area contributed by atoms with Crippen LogP contribution >= 0.6 is 0 Å². The van der Waals surface area contributed by atoms with E-state index in [0.29, 0.717) is 5.70 Å². The van der Waals surface area contributed by atoms with Gasteiger partial charge in [-0.25, -0.2) is 4.79 Å². The van der Waals surface area contributed by atoms with Crippen LogP contribution in [0.25, 0.3) is 0 Å². The molecular weight excluding hydrogens is 132 g/mol. The van der Waals surface area contributed by atoms with Gasteiger partial charge >= 0.3 is 5.97 Å². The van der Waals surface area contributed by atoms with Gasteiger partial charge in [0, 0.05) is 5.70 Å². The largest absolute Gasteiger partial charge is 0.479 e. The lowest BCUT2D eigenvalue weighted by molar-refractivity contribution is -0.138. The summed E-state index contributed by atoms with van der Waals surface area (Å²) in [6.07, 6.45) is 4.78. The van der Waals surface area contributed by atoms with Gasteiger partial charge in [0.05, 0.1) is 0 Å². The zero-order valence-electron chi connectivity index (χ0n) is 5.24. The summed E-state index contributed by atoms with van der Waals surface area (Å²) < 4.78 is 0. The van der Waals surface area contributed by atoms with Crippen LogP contribution in [0.1, 0.15) is 0 Å². The molecule has 4 heteroatoms. The van der Waals surface area contributed by atoms with Crippen LogP contribution in [0.3, 0.4) is 0 Å². The number of hydrogen-bond acceptors (Lipinski definition) is 3. The summed E-state index contributed by atoms with van der Waals surface area (Å²) in [6, 6.07) is -0.759. The number of carboxylic acids is 1. The molecule has 1 aliphatic heterocycles. The van der Waals surface area contributed by atoms with E-state index in [-0.39, 0.29) is 0 Å². The first-order chi connectivity index (χ1) is 4.72. The minimum absolute atomic E-state index is 0.329. The first kappa shape index (κ1) is 6.67. The third-order valence-corrected chi connectivity index (χ3v) is 1.23. The van der Waals surface area contributed by atoms with E-state index < -0.39 is 12.0 Å². The lowest BCUT2D eigenvalue weighted by Gasteiger charge is -2.14. The van der Waals surface area contributed by atoms with Crippen LogP contribution in [-0.4, -0.2) is 17.1 Å². The molecule has 1 rings (SSSR count). The molecule has 1 heterocycles. The van der Waals surface area contributed by atoms with Gasteiger partial charge in [-0.1, -0.05) is 0 Å². The number of rotatable bonds is 1.